The maximum absolute atomic E-state index is 4.30. The van der Waals surface area contributed by atoms with E-state index < -0.39 is 0 Å². The average molecular weight is 276 g/mol. The summed E-state index contributed by atoms with van der Waals surface area (Å²) in [5.41, 5.74) is 3.80. The van der Waals surface area contributed by atoms with Gasteiger partial charge in [-0.3, -0.25) is 4.98 Å². The summed E-state index contributed by atoms with van der Waals surface area (Å²) in [5.74, 6) is 0. The quantitative estimate of drug-likeness (QED) is 0.771. The van der Waals surface area contributed by atoms with Gasteiger partial charge in [-0.15, -0.1) is 0 Å². The molecule has 0 aliphatic rings. The minimum Gasteiger partial charge on any atom is -0.306 e. The third-order valence-electron chi connectivity index (χ3n) is 3.91. The highest BCUT2D eigenvalue weighted by Gasteiger charge is 2.15. The van der Waals surface area contributed by atoms with Crippen LogP contribution in [0.5, 0.6) is 0 Å². The molecule has 1 atom stereocenters. The van der Waals surface area contributed by atoms with Crippen molar-refractivity contribution in [1.29, 1.82) is 0 Å². The fourth-order valence-corrected chi connectivity index (χ4v) is 2.78. The van der Waals surface area contributed by atoms with E-state index in [9.17, 15) is 0 Å². The van der Waals surface area contributed by atoms with Crippen molar-refractivity contribution in [3.8, 4) is 0 Å². The molecule has 3 aromatic rings. The van der Waals surface area contributed by atoms with E-state index in [0.29, 0.717) is 0 Å². The first-order valence-electron chi connectivity index (χ1n) is 7.42. The van der Waals surface area contributed by atoms with Gasteiger partial charge in [-0.1, -0.05) is 43.3 Å². The molecule has 1 unspecified atom stereocenters. The summed E-state index contributed by atoms with van der Waals surface area (Å²) < 4.78 is 0. The lowest BCUT2D eigenvalue weighted by molar-refractivity contribution is 0.626. The third kappa shape index (κ3) is 2.81. The maximum atomic E-state index is 4.30. The first-order chi connectivity index (χ1) is 10.3. The number of nitrogens with zero attached hydrogens (tertiary/aromatic N) is 1. The van der Waals surface area contributed by atoms with E-state index in [1.54, 1.807) is 0 Å². The third-order valence-corrected chi connectivity index (χ3v) is 3.91. The van der Waals surface area contributed by atoms with Crippen molar-refractivity contribution in [3.63, 3.8) is 0 Å². The number of rotatable bonds is 4. The standard InChI is InChI=1S/C19H20N2/c1-3-21-19(18-13-20-11-10-14(18)2)17-9-8-15-6-4-5-7-16(15)12-17/h4-13,19,21H,3H2,1-2H3. The van der Waals surface area contributed by atoms with Gasteiger partial charge in [0.05, 0.1) is 6.04 Å². The lowest BCUT2D eigenvalue weighted by atomic mass is 9.95. The van der Waals surface area contributed by atoms with Crippen molar-refractivity contribution in [2.75, 3.05) is 6.54 Å². The molecule has 0 saturated carbocycles. The molecule has 0 fully saturated rings. The van der Waals surface area contributed by atoms with Crippen molar-refractivity contribution < 1.29 is 0 Å². The molecule has 2 aromatic carbocycles. The predicted octanol–water partition coefficient (Wildman–Crippen LogP) is 4.24. The minimum atomic E-state index is 0.188. The van der Waals surface area contributed by atoms with Crippen molar-refractivity contribution in [2.45, 2.75) is 19.9 Å². The van der Waals surface area contributed by atoms with Crippen molar-refractivity contribution >= 4 is 10.8 Å². The summed E-state index contributed by atoms with van der Waals surface area (Å²) in [7, 11) is 0. The maximum Gasteiger partial charge on any atom is 0.0594 e. The van der Waals surface area contributed by atoms with Crippen LogP contribution in [0.3, 0.4) is 0 Å². The Morgan fingerprint density at radius 3 is 2.62 bits per heavy atom. The van der Waals surface area contributed by atoms with Gasteiger partial charge in [0, 0.05) is 12.4 Å². The molecular formula is C19H20N2. The summed E-state index contributed by atoms with van der Waals surface area (Å²) in [5, 5.41) is 6.14. The zero-order chi connectivity index (χ0) is 14.7. The Morgan fingerprint density at radius 1 is 1.05 bits per heavy atom. The predicted molar refractivity (Wildman–Crippen MR) is 88.4 cm³/mol. The fraction of sp³-hybridized carbons (Fsp3) is 0.211. The van der Waals surface area contributed by atoms with Crippen LogP contribution in [0.4, 0.5) is 0 Å². The number of benzene rings is 2. The SMILES string of the molecule is CCNC(c1ccc2ccccc2c1)c1cnccc1C. The number of hydrogen-bond acceptors (Lipinski definition) is 2. The van der Waals surface area contributed by atoms with E-state index in [1.807, 2.05) is 12.4 Å². The fourth-order valence-electron chi connectivity index (χ4n) is 2.78. The van der Waals surface area contributed by atoms with Crippen molar-refractivity contribution in [3.05, 3.63) is 77.6 Å². The summed E-state index contributed by atoms with van der Waals surface area (Å²) in [6.07, 6.45) is 3.82. The molecule has 0 aliphatic heterocycles. The molecule has 2 nitrogen and oxygen atoms in total. The average Bonchev–Trinajstić information content (AvgIpc) is 2.53. The van der Waals surface area contributed by atoms with Crippen LogP contribution in [-0.2, 0) is 0 Å². The lowest BCUT2D eigenvalue weighted by Gasteiger charge is -2.21. The Labute approximate surface area is 125 Å². The molecule has 2 heteroatoms. The zero-order valence-corrected chi connectivity index (χ0v) is 12.5. The molecule has 1 heterocycles. The molecule has 0 radical (unpaired) electrons. The summed E-state index contributed by atoms with van der Waals surface area (Å²) >= 11 is 0. The molecule has 0 saturated heterocycles. The monoisotopic (exact) mass is 276 g/mol. The second kappa shape index (κ2) is 6.06. The van der Waals surface area contributed by atoms with E-state index in [0.717, 1.165) is 6.54 Å². The highest BCUT2D eigenvalue weighted by atomic mass is 14.9. The van der Waals surface area contributed by atoms with Crippen molar-refractivity contribution in [2.24, 2.45) is 0 Å². The van der Waals surface area contributed by atoms with Gasteiger partial charge >= 0.3 is 0 Å². The van der Waals surface area contributed by atoms with Gasteiger partial charge in [0.25, 0.3) is 0 Å². The molecule has 0 amide bonds. The van der Waals surface area contributed by atoms with E-state index in [1.165, 1.54) is 27.5 Å². The Balaban J connectivity index is 2.09. The second-order valence-corrected chi connectivity index (χ2v) is 5.33. The van der Waals surface area contributed by atoms with Crippen LogP contribution < -0.4 is 5.32 Å². The Hall–Kier alpha value is -2.19. The van der Waals surface area contributed by atoms with E-state index in [2.05, 4.69) is 72.7 Å². The Kier molecular flexibility index (Phi) is 3.98. The van der Waals surface area contributed by atoms with Gasteiger partial charge in [-0.2, -0.15) is 0 Å². The van der Waals surface area contributed by atoms with Crippen molar-refractivity contribution in [1.82, 2.24) is 10.3 Å². The molecule has 1 aromatic heterocycles. The molecule has 3 rings (SSSR count). The largest absolute Gasteiger partial charge is 0.306 e. The Morgan fingerprint density at radius 2 is 1.86 bits per heavy atom. The number of nitrogens with one attached hydrogen (secondary N) is 1. The number of fused-ring (bicyclic) bond motifs is 1. The number of aromatic nitrogens is 1. The topological polar surface area (TPSA) is 24.9 Å². The van der Waals surface area contributed by atoms with Gasteiger partial charge in [-0.25, -0.2) is 0 Å². The molecule has 0 bridgehead atoms. The Bertz CT molecular complexity index is 749. The van der Waals surface area contributed by atoms with E-state index >= 15 is 0 Å². The number of aryl methyl sites for hydroxylation is 1. The number of hydrogen-bond donors (Lipinski definition) is 1. The molecule has 0 spiro atoms. The van der Waals surface area contributed by atoms with Crippen LogP contribution in [0.2, 0.25) is 0 Å². The van der Waals surface area contributed by atoms with Gasteiger partial charge in [0.2, 0.25) is 0 Å². The zero-order valence-electron chi connectivity index (χ0n) is 12.5. The highest BCUT2D eigenvalue weighted by molar-refractivity contribution is 5.83. The van der Waals surface area contributed by atoms with Gasteiger partial charge in [0.1, 0.15) is 0 Å². The summed E-state index contributed by atoms with van der Waals surface area (Å²) in [4.78, 5) is 4.30. The van der Waals surface area contributed by atoms with Crippen LogP contribution in [-0.4, -0.2) is 11.5 Å². The lowest BCUT2D eigenvalue weighted by Crippen LogP contribution is -2.22. The van der Waals surface area contributed by atoms with Crippen LogP contribution in [0, 0.1) is 6.92 Å². The smallest absolute Gasteiger partial charge is 0.0594 e. The minimum absolute atomic E-state index is 0.188. The number of pyridine rings is 1. The molecular weight excluding hydrogens is 256 g/mol. The molecule has 21 heavy (non-hydrogen) atoms. The molecule has 106 valence electrons. The first kappa shape index (κ1) is 13.8. The molecule has 0 aliphatic carbocycles. The second-order valence-electron chi connectivity index (χ2n) is 5.33. The van der Waals surface area contributed by atoms with E-state index in [4.69, 9.17) is 0 Å². The van der Waals surface area contributed by atoms with Crippen LogP contribution in [0.25, 0.3) is 10.8 Å². The summed E-state index contributed by atoms with van der Waals surface area (Å²) in [6, 6.07) is 17.4. The van der Waals surface area contributed by atoms with Crippen LogP contribution in [0.1, 0.15) is 29.7 Å². The molecule has 1 N–H and O–H groups in total. The first-order valence-corrected chi connectivity index (χ1v) is 7.42. The van der Waals surface area contributed by atoms with Crippen LogP contribution >= 0.6 is 0 Å². The summed E-state index contributed by atoms with van der Waals surface area (Å²) in [6.45, 7) is 5.20. The van der Waals surface area contributed by atoms with Gasteiger partial charge in [0.15, 0.2) is 0 Å². The van der Waals surface area contributed by atoms with E-state index in [-0.39, 0.29) is 6.04 Å². The van der Waals surface area contributed by atoms with Crippen LogP contribution in [0.15, 0.2) is 60.9 Å². The van der Waals surface area contributed by atoms with Gasteiger partial charge in [-0.05, 0) is 53.1 Å². The van der Waals surface area contributed by atoms with Gasteiger partial charge < -0.3 is 5.32 Å². The highest BCUT2D eigenvalue weighted by Crippen LogP contribution is 2.27. The normalized spacial score (nSPS) is 12.5.